The number of hydrogen-bond acceptors (Lipinski definition) is 8. The average Bonchev–Trinajstić information content (AvgIpc) is 3.41. The van der Waals surface area contributed by atoms with Gasteiger partial charge in [0, 0.05) is 28.4 Å². The van der Waals surface area contributed by atoms with E-state index in [4.69, 9.17) is 9.47 Å². The van der Waals surface area contributed by atoms with E-state index >= 15 is 0 Å². The molecule has 2 aliphatic heterocycles. The van der Waals surface area contributed by atoms with Crippen LogP contribution in [0, 0.1) is 29.5 Å². The fraction of sp³-hybridized carbons (Fsp3) is 0.429. The smallest absolute Gasteiger partial charge is 0.326 e. The fourth-order valence-electron chi connectivity index (χ4n) is 6.85. The van der Waals surface area contributed by atoms with Crippen molar-refractivity contribution in [1.82, 2.24) is 10.6 Å². The molecule has 0 amide bonds. The first kappa shape index (κ1) is 26.6. The lowest BCUT2D eigenvalue weighted by molar-refractivity contribution is -0.160. The number of Topliss-reactive ketones (excluding diaryl/α,β-unsaturated/α-hetero) is 2. The monoisotopic (exact) mass is 586 g/mol. The van der Waals surface area contributed by atoms with E-state index in [0.717, 1.165) is 10.0 Å². The second kappa shape index (κ2) is 9.36. The third kappa shape index (κ3) is 3.76. The number of esters is 2. The first-order valence-electron chi connectivity index (χ1n) is 12.3. The molecule has 2 aromatic rings. The Kier molecular flexibility index (Phi) is 6.56. The SMILES string of the molecule is COC(=O)[C@@]1(C)N[C@@H](c2ccc(Br)cc2)[C@H]2C(=O)[C@H]3[C@@H](C(=O)[C@H]21)[C@@](C)(C(=O)OC)N[C@H]3c1cccc(F)c1. The van der Waals surface area contributed by atoms with Crippen molar-refractivity contribution in [1.29, 1.82) is 0 Å². The van der Waals surface area contributed by atoms with Gasteiger partial charge in [-0.15, -0.1) is 0 Å². The van der Waals surface area contributed by atoms with Crippen LogP contribution in [0.2, 0.25) is 0 Å². The Hall–Kier alpha value is -2.95. The predicted molar refractivity (Wildman–Crippen MR) is 137 cm³/mol. The number of carbonyl (C=O) groups excluding carboxylic acids is 4. The van der Waals surface area contributed by atoms with E-state index in [1.807, 2.05) is 24.3 Å². The zero-order chi connectivity index (χ0) is 27.6. The molecule has 2 heterocycles. The average molecular weight is 587 g/mol. The van der Waals surface area contributed by atoms with E-state index in [-0.39, 0.29) is 5.78 Å². The summed E-state index contributed by atoms with van der Waals surface area (Å²) in [4.78, 5) is 55.2. The van der Waals surface area contributed by atoms with Gasteiger partial charge in [0.1, 0.15) is 28.5 Å². The Bertz CT molecular complexity index is 1330. The quantitative estimate of drug-likeness (QED) is 0.526. The van der Waals surface area contributed by atoms with Gasteiger partial charge in [0.15, 0.2) is 0 Å². The summed E-state index contributed by atoms with van der Waals surface area (Å²) in [5.74, 6) is -6.78. The van der Waals surface area contributed by atoms with Crippen LogP contribution in [0.5, 0.6) is 0 Å². The number of carbonyl (C=O) groups is 4. The topological polar surface area (TPSA) is 111 Å². The second-order valence-electron chi connectivity index (χ2n) is 10.6. The molecule has 0 aromatic heterocycles. The van der Waals surface area contributed by atoms with Gasteiger partial charge in [0.05, 0.1) is 26.1 Å². The van der Waals surface area contributed by atoms with Crippen LogP contribution < -0.4 is 10.6 Å². The Balaban J connectivity index is 1.70. The number of benzene rings is 2. The Morgan fingerprint density at radius 1 is 0.816 bits per heavy atom. The summed E-state index contributed by atoms with van der Waals surface area (Å²) in [5.41, 5.74) is -1.95. The maximum Gasteiger partial charge on any atom is 0.326 e. The van der Waals surface area contributed by atoms with Gasteiger partial charge in [-0.3, -0.25) is 29.8 Å². The van der Waals surface area contributed by atoms with Crippen molar-refractivity contribution in [2.75, 3.05) is 14.2 Å². The van der Waals surface area contributed by atoms with Crippen LogP contribution in [0.4, 0.5) is 4.39 Å². The van der Waals surface area contributed by atoms with Crippen molar-refractivity contribution >= 4 is 39.4 Å². The lowest BCUT2D eigenvalue weighted by atomic mass is 9.58. The summed E-state index contributed by atoms with van der Waals surface area (Å²) in [6, 6.07) is 11.5. The third-order valence-corrected chi connectivity index (χ3v) is 9.05. The van der Waals surface area contributed by atoms with E-state index in [1.165, 1.54) is 39.3 Å². The summed E-state index contributed by atoms with van der Waals surface area (Å²) in [7, 11) is 2.43. The number of halogens is 2. The molecular weight excluding hydrogens is 559 g/mol. The van der Waals surface area contributed by atoms with Crippen LogP contribution >= 0.6 is 15.9 Å². The molecule has 2 saturated heterocycles. The summed E-state index contributed by atoms with van der Waals surface area (Å²) in [5, 5.41) is 6.41. The summed E-state index contributed by atoms with van der Waals surface area (Å²) < 4.78 is 25.2. The molecule has 1 aliphatic carbocycles. The fourth-order valence-corrected chi connectivity index (χ4v) is 7.12. The van der Waals surface area contributed by atoms with Gasteiger partial charge in [-0.1, -0.05) is 40.2 Å². The molecule has 5 rings (SSSR count). The molecule has 8 nitrogen and oxygen atoms in total. The van der Waals surface area contributed by atoms with Gasteiger partial charge in [0.2, 0.25) is 0 Å². The van der Waals surface area contributed by atoms with Crippen LogP contribution in [-0.2, 0) is 28.7 Å². The molecular formula is C28H28BrFN2O6. The number of ether oxygens (including phenoxy) is 2. The van der Waals surface area contributed by atoms with E-state index in [1.54, 1.807) is 13.0 Å². The van der Waals surface area contributed by atoms with Gasteiger partial charge in [-0.2, -0.15) is 0 Å². The summed E-state index contributed by atoms with van der Waals surface area (Å²) in [6.45, 7) is 3.08. The van der Waals surface area contributed by atoms with Crippen molar-refractivity contribution in [2.45, 2.75) is 37.0 Å². The minimum atomic E-state index is -1.58. The predicted octanol–water partition coefficient (Wildman–Crippen LogP) is 3.06. The number of rotatable bonds is 4. The summed E-state index contributed by atoms with van der Waals surface area (Å²) in [6.07, 6.45) is 0. The lowest BCUT2D eigenvalue weighted by Gasteiger charge is -2.41. The molecule has 3 fully saturated rings. The number of nitrogens with one attached hydrogen (secondary N) is 2. The van der Waals surface area contributed by atoms with Crippen LogP contribution in [0.3, 0.4) is 0 Å². The zero-order valence-corrected chi connectivity index (χ0v) is 22.9. The first-order valence-corrected chi connectivity index (χ1v) is 13.1. The Morgan fingerprint density at radius 2 is 1.32 bits per heavy atom. The van der Waals surface area contributed by atoms with Crippen molar-refractivity contribution in [3.63, 3.8) is 0 Å². The number of ketones is 2. The van der Waals surface area contributed by atoms with Gasteiger partial charge in [0.25, 0.3) is 0 Å². The third-order valence-electron chi connectivity index (χ3n) is 8.52. The van der Waals surface area contributed by atoms with Crippen molar-refractivity contribution < 1.29 is 33.0 Å². The van der Waals surface area contributed by atoms with Crippen molar-refractivity contribution in [2.24, 2.45) is 23.7 Å². The molecule has 0 unspecified atom stereocenters. The summed E-state index contributed by atoms with van der Waals surface area (Å²) >= 11 is 3.41. The largest absolute Gasteiger partial charge is 0.468 e. The molecule has 2 aromatic carbocycles. The van der Waals surface area contributed by atoms with E-state index in [2.05, 4.69) is 26.6 Å². The molecule has 3 aliphatic rings. The minimum Gasteiger partial charge on any atom is -0.468 e. The lowest BCUT2D eigenvalue weighted by Crippen LogP contribution is -2.61. The van der Waals surface area contributed by atoms with Gasteiger partial charge >= 0.3 is 11.9 Å². The van der Waals surface area contributed by atoms with Crippen LogP contribution in [0.15, 0.2) is 53.0 Å². The molecule has 0 bridgehead atoms. The van der Waals surface area contributed by atoms with Gasteiger partial charge in [-0.05, 0) is 49.2 Å². The number of methoxy groups -OCH3 is 2. The highest BCUT2D eigenvalue weighted by atomic mass is 79.9. The van der Waals surface area contributed by atoms with Crippen LogP contribution in [0.25, 0.3) is 0 Å². The number of fused-ring (bicyclic) bond motifs is 2. The molecule has 1 saturated carbocycles. The maximum atomic E-state index is 14.5. The molecule has 200 valence electrons. The molecule has 8 atom stereocenters. The Morgan fingerprint density at radius 3 is 1.79 bits per heavy atom. The molecule has 0 radical (unpaired) electrons. The van der Waals surface area contributed by atoms with Gasteiger partial charge < -0.3 is 9.47 Å². The normalized spacial score (nSPS) is 35.9. The van der Waals surface area contributed by atoms with Crippen LogP contribution in [-0.4, -0.2) is 48.8 Å². The van der Waals surface area contributed by atoms with Crippen molar-refractivity contribution in [3.05, 3.63) is 69.9 Å². The highest BCUT2D eigenvalue weighted by Crippen LogP contribution is 2.57. The van der Waals surface area contributed by atoms with Crippen molar-refractivity contribution in [3.8, 4) is 0 Å². The standard InChI is InChI=1S/C28H28BrFN2O6/c1-27(25(35)37-3)19-17(21(31-27)13-8-10-15(29)11-9-13)23(33)18-20(24(19)34)28(2,26(36)38-4)32-22(18)14-6-5-7-16(30)12-14/h5-12,17-22,31-32H,1-4H3/t17-,18-,19-,20-,21-,22-,27-,28-/m0/s1. The van der Waals surface area contributed by atoms with E-state index in [0.29, 0.717) is 5.56 Å². The molecule has 2 N–H and O–H groups in total. The highest BCUT2D eigenvalue weighted by molar-refractivity contribution is 9.10. The van der Waals surface area contributed by atoms with E-state index < -0.39 is 70.4 Å². The molecule has 10 heteroatoms. The zero-order valence-electron chi connectivity index (χ0n) is 21.3. The highest BCUT2D eigenvalue weighted by Gasteiger charge is 2.72. The molecule has 38 heavy (non-hydrogen) atoms. The second-order valence-corrected chi connectivity index (χ2v) is 11.5. The first-order chi connectivity index (χ1) is 18.0. The van der Waals surface area contributed by atoms with Crippen LogP contribution in [0.1, 0.15) is 37.1 Å². The molecule has 0 spiro atoms. The van der Waals surface area contributed by atoms with E-state index in [9.17, 15) is 23.6 Å². The minimum absolute atomic E-state index is 0.290. The van der Waals surface area contributed by atoms with Gasteiger partial charge in [-0.25, -0.2) is 4.39 Å². The maximum absolute atomic E-state index is 14.5. The number of hydrogen-bond donors (Lipinski definition) is 2. The Labute approximate surface area is 227 Å².